The van der Waals surface area contributed by atoms with Crippen LogP contribution in [0.15, 0.2) is 0 Å². The first kappa shape index (κ1) is 12.6. The molecule has 0 heterocycles. The summed E-state index contributed by atoms with van der Waals surface area (Å²) in [5.74, 6) is 0.102. The molecule has 4 heteroatoms. The van der Waals surface area contributed by atoms with Gasteiger partial charge < -0.3 is 9.47 Å². The number of ether oxygens (including phenoxy) is 2. The van der Waals surface area contributed by atoms with E-state index in [1.54, 1.807) is 0 Å². The molecule has 1 saturated carbocycles. The average molecular weight is 235 g/mol. The zero-order valence-electron chi connectivity index (χ0n) is 9.37. The predicted octanol–water partition coefficient (Wildman–Crippen LogP) is 3.69. The highest BCUT2D eigenvalue weighted by atomic mass is 35.5. The SMILES string of the molecule is CC(C)C(Cl)OC(=O)OC1CCCCC1. The van der Waals surface area contributed by atoms with Crippen LogP contribution in [0, 0.1) is 5.92 Å². The lowest BCUT2D eigenvalue weighted by Crippen LogP contribution is -2.25. The van der Waals surface area contributed by atoms with Crippen molar-refractivity contribution in [3.8, 4) is 0 Å². The van der Waals surface area contributed by atoms with Crippen LogP contribution in [0.5, 0.6) is 0 Å². The number of alkyl halides is 1. The van der Waals surface area contributed by atoms with Crippen molar-refractivity contribution in [2.45, 2.75) is 57.6 Å². The molecule has 1 aliphatic rings. The van der Waals surface area contributed by atoms with Crippen LogP contribution in [0.2, 0.25) is 0 Å². The van der Waals surface area contributed by atoms with E-state index in [4.69, 9.17) is 21.1 Å². The Morgan fingerprint density at radius 1 is 1.27 bits per heavy atom. The highest BCUT2D eigenvalue weighted by Crippen LogP contribution is 2.21. The monoisotopic (exact) mass is 234 g/mol. The van der Waals surface area contributed by atoms with Crippen molar-refractivity contribution in [1.29, 1.82) is 0 Å². The van der Waals surface area contributed by atoms with Gasteiger partial charge in [-0.1, -0.05) is 31.9 Å². The molecule has 0 aromatic heterocycles. The van der Waals surface area contributed by atoms with Crippen molar-refractivity contribution in [3.05, 3.63) is 0 Å². The Hall–Kier alpha value is -0.440. The summed E-state index contributed by atoms with van der Waals surface area (Å²) in [5.41, 5.74) is -0.596. The normalized spacial score (nSPS) is 20.0. The van der Waals surface area contributed by atoms with Crippen molar-refractivity contribution >= 4 is 17.8 Å². The van der Waals surface area contributed by atoms with E-state index in [0.717, 1.165) is 25.7 Å². The summed E-state index contributed by atoms with van der Waals surface area (Å²) in [5, 5.41) is 0. The quantitative estimate of drug-likeness (QED) is 0.552. The summed E-state index contributed by atoms with van der Waals surface area (Å²) in [6.07, 6.45) is 4.80. The molecule has 1 unspecified atom stereocenters. The van der Waals surface area contributed by atoms with Gasteiger partial charge in [0.15, 0.2) is 5.56 Å². The van der Waals surface area contributed by atoms with Crippen LogP contribution in [-0.2, 0) is 9.47 Å². The molecule has 0 N–H and O–H groups in total. The molecule has 1 rings (SSSR count). The summed E-state index contributed by atoms with van der Waals surface area (Å²) in [7, 11) is 0. The molecule has 88 valence electrons. The van der Waals surface area contributed by atoms with Gasteiger partial charge in [-0.05, 0) is 25.7 Å². The van der Waals surface area contributed by atoms with E-state index in [-0.39, 0.29) is 12.0 Å². The van der Waals surface area contributed by atoms with Gasteiger partial charge in [-0.3, -0.25) is 0 Å². The second-order valence-corrected chi connectivity index (χ2v) is 4.77. The standard InChI is InChI=1S/C11H19ClO3/c1-8(2)10(12)15-11(13)14-9-6-4-3-5-7-9/h8-10H,3-7H2,1-2H3. The average Bonchev–Trinajstić information content (AvgIpc) is 2.18. The largest absolute Gasteiger partial charge is 0.510 e. The molecule has 0 radical (unpaired) electrons. The molecular weight excluding hydrogens is 216 g/mol. The van der Waals surface area contributed by atoms with E-state index in [2.05, 4.69) is 0 Å². The summed E-state index contributed by atoms with van der Waals surface area (Å²) >= 11 is 5.81. The van der Waals surface area contributed by atoms with Gasteiger partial charge in [0.05, 0.1) is 0 Å². The third-order valence-corrected chi connectivity index (χ3v) is 3.14. The Morgan fingerprint density at radius 2 is 1.87 bits per heavy atom. The van der Waals surface area contributed by atoms with Gasteiger partial charge in [-0.2, -0.15) is 0 Å². The maximum atomic E-state index is 11.3. The summed E-state index contributed by atoms with van der Waals surface area (Å²) in [6, 6.07) is 0. The van der Waals surface area contributed by atoms with Gasteiger partial charge in [-0.15, -0.1) is 0 Å². The summed E-state index contributed by atoms with van der Waals surface area (Å²) in [6.45, 7) is 3.79. The number of carbonyl (C=O) groups is 1. The van der Waals surface area contributed by atoms with E-state index >= 15 is 0 Å². The van der Waals surface area contributed by atoms with Crippen LogP contribution in [0.4, 0.5) is 4.79 Å². The van der Waals surface area contributed by atoms with Crippen molar-refractivity contribution < 1.29 is 14.3 Å². The molecule has 1 atom stereocenters. The van der Waals surface area contributed by atoms with Gasteiger partial charge in [0.1, 0.15) is 6.10 Å². The van der Waals surface area contributed by atoms with Crippen LogP contribution in [-0.4, -0.2) is 17.8 Å². The highest BCUT2D eigenvalue weighted by molar-refractivity contribution is 6.20. The minimum absolute atomic E-state index is 0.0299. The van der Waals surface area contributed by atoms with Crippen LogP contribution in [0.1, 0.15) is 46.0 Å². The van der Waals surface area contributed by atoms with Gasteiger partial charge in [-0.25, -0.2) is 4.79 Å². The smallest absolute Gasteiger partial charge is 0.431 e. The maximum Gasteiger partial charge on any atom is 0.510 e. The maximum absolute atomic E-state index is 11.3. The van der Waals surface area contributed by atoms with Gasteiger partial charge in [0.25, 0.3) is 0 Å². The first-order valence-corrected chi connectivity index (χ1v) is 6.04. The molecule has 0 saturated heterocycles. The van der Waals surface area contributed by atoms with Crippen LogP contribution < -0.4 is 0 Å². The van der Waals surface area contributed by atoms with Gasteiger partial charge >= 0.3 is 6.16 Å². The molecule has 15 heavy (non-hydrogen) atoms. The lowest BCUT2D eigenvalue weighted by Gasteiger charge is -2.22. The topological polar surface area (TPSA) is 35.5 Å². The highest BCUT2D eigenvalue weighted by Gasteiger charge is 2.21. The van der Waals surface area contributed by atoms with Crippen molar-refractivity contribution in [2.75, 3.05) is 0 Å². The Balaban J connectivity index is 2.22. The second kappa shape index (κ2) is 6.21. The number of hydrogen-bond acceptors (Lipinski definition) is 3. The fourth-order valence-corrected chi connectivity index (χ4v) is 1.65. The Labute approximate surface area is 96.1 Å². The molecule has 0 bridgehead atoms. The zero-order valence-corrected chi connectivity index (χ0v) is 10.1. The van der Waals surface area contributed by atoms with Crippen molar-refractivity contribution in [1.82, 2.24) is 0 Å². The van der Waals surface area contributed by atoms with E-state index in [9.17, 15) is 4.79 Å². The number of halogens is 1. The van der Waals surface area contributed by atoms with Crippen molar-refractivity contribution in [2.24, 2.45) is 5.92 Å². The summed E-state index contributed by atoms with van der Waals surface area (Å²) in [4.78, 5) is 11.3. The third-order valence-electron chi connectivity index (χ3n) is 2.55. The zero-order chi connectivity index (χ0) is 11.3. The minimum Gasteiger partial charge on any atom is -0.431 e. The van der Waals surface area contributed by atoms with Gasteiger partial charge in [0, 0.05) is 5.92 Å². The second-order valence-electron chi connectivity index (χ2n) is 4.34. The predicted molar refractivity (Wildman–Crippen MR) is 58.9 cm³/mol. The van der Waals surface area contributed by atoms with Gasteiger partial charge in [0.2, 0.25) is 0 Å². The van der Waals surface area contributed by atoms with E-state index in [1.165, 1.54) is 6.42 Å². The van der Waals surface area contributed by atoms with Crippen LogP contribution in [0.25, 0.3) is 0 Å². The third kappa shape index (κ3) is 4.74. The Bertz CT molecular complexity index is 200. The molecule has 0 aromatic rings. The molecule has 0 spiro atoms. The first-order valence-electron chi connectivity index (χ1n) is 5.61. The van der Waals surface area contributed by atoms with E-state index in [0.29, 0.717) is 0 Å². The molecule has 0 aliphatic heterocycles. The minimum atomic E-state index is -0.629. The number of hydrogen-bond donors (Lipinski definition) is 0. The molecular formula is C11H19ClO3. The fraction of sp³-hybridized carbons (Fsp3) is 0.909. The Kier molecular flexibility index (Phi) is 5.23. The van der Waals surface area contributed by atoms with Crippen LogP contribution in [0.3, 0.4) is 0 Å². The van der Waals surface area contributed by atoms with Crippen LogP contribution >= 0.6 is 11.6 Å². The molecule has 1 aliphatic carbocycles. The van der Waals surface area contributed by atoms with E-state index < -0.39 is 11.7 Å². The lowest BCUT2D eigenvalue weighted by molar-refractivity contribution is -0.00240. The fourth-order valence-electron chi connectivity index (χ4n) is 1.57. The Morgan fingerprint density at radius 3 is 2.40 bits per heavy atom. The summed E-state index contributed by atoms with van der Waals surface area (Å²) < 4.78 is 10.1. The number of carbonyl (C=O) groups excluding carboxylic acids is 1. The molecule has 0 aromatic carbocycles. The number of rotatable bonds is 3. The molecule has 0 amide bonds. The first-order chi connectivity index (χ1) is 7.09. The molecule has 3 nitrogen and oxygen atoms in total. The molecule has 1 fully saturated rings. The lowest BCUT2D eigenvalue weighted by atomic mass is 9.98. The van der Waals surface area contributed by atoms with E-state index in [1.807, 2.05) is 13.8 Å². The van der Waals surface area contributed by atoms with Crippen molar-refractivity contribution in [3.63, 3.8) is 0 Å².